The van der Waals surface area contributed by atoms with E-state index in [0.29, 0.717) is 115 Å². The van der Waals surface area contributed by atoms with Gasteiger partial charge in [0.15, 0.2) is 0 Å². The molecule has 11 N–H and O–H groups in total. The predicted octanol–water partition coefficient (Wildman–Crippen LogP) is -0.931. The van der Waals surface area contributed by atoms with Gasteiger partial charge in [-0.3, -0.25) is 76.9 Å². The van der Waals surface area contributed by atoms with Crippen LogP contribution in [-0.4, -0.2) is 334 Å². The number of carbonyl (C=O) groups is 13. The van der Waals surface area contributed by atoms with E-state index in [1.807, 2.05) is 72.8 Å². The number of fused-ring (bicyclic) bond motifs is 5. The highest BCUT2D eigenvalue weighted by atomic mass is 31.2. The van der Waals surface area contributed by atoms with Gasteiger partial charge in [-0.25, -0.2) is 23.9 Å². The maximum atomic E-state index is 14.2. The fraction of sp³-hybridized carbons (Fsp3) is 0.625. The molecule has 4 atom stereocenters. The van der Waals surface area contributed by atoms with Crippen molar-refractivity contribution in [2.24, 2.45) is 0 Å². The summed E-state index contributed by atoms with van der Waals surface area (Å²) in [6, 6.07) is 10.1. The number of carbonyl (C=O) groups excluding carboxylic acids is 9. The van der Waals surface area contributed by atoms with Crippen LogP contribution in [0.5, 0.6) is 0 Å². The SMILES string of the molecule is COC(=O)CN1CCN(CC(=O)NCCCn2nnc3c2-c2ccccc2CN(C(=O)CCC(=O)NCCOCCOCCOCCOCCC(=O)NCCCCCC(=O)N[C@H](CCC(=O)N[C@@H](CCOP(=O)(O)NC(CCC(=O)O)C(=O)O)C(=O)O)C(=O)O)c2ccccc2-3)CCN(CC(=O)OC)CCN(CC(=O)OC)CC1. The molecule has 6 amide bonds. The van der Waals surface area contributed by atoms with Crippen LogP contribution in [0.2, 0.25) is 0 Å². The van der Waals surface area contributed by atoms with Crippen molar-refractivity contribution in [3.05, 3.63) is 54.1 Å². The van der Waals surface area contributed by atoms with Crippen molar-refractivity contribution in [3.8, 4) is 22.5 Å². The van der Waals surface area contributed by atoms with Crippen LogP contribution in [0, 0.1) is 0 Å². The third kappa shape index (κ3) is 37.2. The third-order valence-electron chi connectivity index (χ3n) is 18.0. The van der Waals surface area contributed by atoms with Gasteiger partial charge in [0.1, 0.15) is 23.8 Å². The second-order valence-electron chi connectivity index (χ2n) is 26.5. The molecule has 41 nitrogen and oxygen atoms in total. The summed E-state index contributed by atoms with van der Waals surface area (Å²) in [5.74, 6) is -9.89. The fourth-order valence-corrected chi connectivity index (χ4v) is 12.8. The highest BCUT2D eigenvalue weighted by molar-refractivity contribution is 7.50. The molecule has 2 aromatic carbocycles. The molecule has 0 bridgehead atoms. The van der Waals surface area contributed by atoms with Crippen LogP contribution in [0.1, 0.15) is 89.0 Å². The van der Waals surface area contributed by atoms with Gasteiger partial charge in [-0.05, 0) is 43.7 Å². The number of unbranched alkanes of at least 4 members (excludes halogenated alkanes) is 2. The summed E-state index contributed by atoms with van der Waals surface area (Å²) in [6.07, 6.45) is -1.01. The smallest absolute Gasteiger partial charge is 0.403 e. The topological polar surface area (TPSA) is 533 Å². The third-order valence-corrected chi connectivity index (χ3v) is 19.2. The van der Waals surface area contributed by atoms with E-state index in [0.717, 1.165) is 16.8 Å². The molecule has 634 valence electrons. The number of hydrogen-bond acceptors (Lipinski definition) is 28. The Hall–Kier alpha value is -9.52. The van der Waals surface area contributed by atoms with E-state index in [9.17, 15) is 87.1 Å². The summed E-state index contributed by atoms with van der Waals surface area (Å²) in [6.45, 7) is 6.04. The first-order chi connectivity index (χ1) is 54.7. The molecular formula is C72H109N14O27P. The molecule has 0 aliphatic carbocycles. The van der Waals surface area contributed by atoms with Crippen molar-refractivity contribution in [2.75, 3.05) is 184 Å². The first-order valence-corrected chi connectivity index (χ1v) is 39.1. The predicted molar refractivity (Wildman–Crippen MR) is 403 cm³/mol. The normalized spacial score (nSPS) is 15.0. The molecule has 1 fully saturated rings. The molecule has 2 aliphatic heterocycles. The Labute approximate surface area is 659 Å². The van der Waals surface area contributed by atoms with Crippen LogP contribution in [0.3, 0.4) is 0 Å². The Morgan fingerprint density at radius 2 is 0.939 bits per heavy atom. The summed E-state index contributed by atoms with van der Waals surface area (Å²) >= 11 is 0. The Balaban J connectivity index is 0.906. The van der Waals surface area contributed by atoms with E-state index in [1.54, 1.807) is 9.99 Å². The van der Waals surface area contributed by atoms with E-state index in [4.69, 9.17) is 42.8 Å². The average Bonchev–Trinajstić information content (AvgIpc) is 1.53. The molecule has 3 heterocycles. The molecule has 5 rings (SSSR count). The minimum absolute atomic E-state index is 0.0136. The monoisotopic (exact) mass is 1630 g/mol. The Morgan fingerprint density at radius 1 is 0.465 bits per heavy atom. The number of carboxylic acid groups (broad SMARTS) is 4. The maximum absolute atomic E-state index is 14.2. The summed E-state index contributed by atoms with van der Waals surface area (Å²) in [5.41, 5.74) is 4.25. The van der Waals surface area contributed by atoms with Gasteiger partial charge in [0.05, 0.1) is 125 Å². The summed E-state index contributed by atoms with van der Waals surface area (Å²) in [4.78, 5) is 180. The number of anilines is 1. The molecule has 3 aromatic rings. The van der Waals surface area contributed by atoms with Crippen molar-refractivity contribution in [3.63, 3.8) is 0 Å². The number of aliphatic carboxylic acids is 4. The van der Waals surface area contributed by atoms with Crippen molar-refractivity contribution in [1.82, 2.24) is 66.3 Å². The van der Waals surface area contributed by atoms with Gasteiger partial charge < -0.3 is 90.0 Å². The number of aromatic nitrogens is 3. The van der Waals surface area contributed by atoms with Crippen LogP contribution in [0.15, 0.2) is 48.5 Å². The van der Waals surface area contributed by atoms with Crippen LogP contribution < -0.4 is 36.6 Å². The molecule has 114 heavy (non-hydrogen) atoms. The standard InChI is InChI=1S/C72H109N14O27P/c1-106-65(95)48-82-31-29-81(30-32-83(49-66(96)107-2)34-36-84(35-33-82)50-67(97)108-3)47-62(91)74-26-11-28-86-69-52-13-7-6-12-51(52)46-85(57-15-9-8-14-53(57)68(69)78-80-86)63(92)21-20-58(87)75-27-39-110-41-43-112-45-44-111-42-40-109-37-24-59(88)73-25-10-4-5-16-60(89)76-54(70(98)99)17-19-61(90)77-55(71(100)101)23-38-113-114(104,105)79-56(72(102)103)18-22-64(93)94/h6-9,12-15,54-56H,4-5,10-11,16-50H2,1-3H3,(H,73,88)(H,74,91)(H,75,87)(H,76,89)(H,77,90)(H,93,94)(H,98,99)(H,100,101)(H,102,103)(H2,79,104,105)/t54-,55+,56?/m1/s1. The minimum atomic E-state index is -4.87. The van der Waals surface area contributed by atoms with E-state index >= 15 is 0 Å². The maximum Gasteiger partial charge on any atom is 0.403 e. The van der Waals surface area contributed by atoms with Crippen LogP contribution in [0.25, 0.3) is 22.5 Å². The zero-order valence-corrected chi connectivity index (χ0v) is 65.6. The number of hydrogen-bond donors (Lipinski definition) is 11. The molecule has 2 aliphatic rings. The lowest BCUT2D eigenvalue weighted by molar-refractivity contribution is -0.144. The van der Waals surface area contributed by atoms with Crippen molar-refractivity contribution >= 4 is 90.7 Å². The van der Waals surface area contributed by atoms with Gasteiger partial charge in [-0.2, -0.15) is 0 Å². The quantitative estimate of drug-likeness (QED) is 0.0141. The summed E-state index contributed by atoms with van der Waals surface area (Å²) < 4.78 is 55.8. The molecule has 42 heteroatoms. The minimum Gasteiger partial charge on any atom is -0.481 e. The number of para-hydroxylation sites is 1. The lowest BCUT2D eigenvalue weighted by Gasteiger charge is -2.33. The largest absolute Gasteiger partial charge is 0.481 e. The Kier molecular flexibility index (Phi) is 44.0. The van der Waals surface area contributed by atoms with Crippen LogP contribution in [0.4, 0.5) is 5.69 Å². The second-order valence-corrected chi connectivity index (χ2v) is 28.0. The highest BCUT2D eigenvalue weighted by Crippen LogP contribution is 2.42. The van der Waals surface area contributed by atoms with Crippen LogP contribution >= 0.6 is 7.75 Å². The molecule has 0 radical (unpaired) electrons. The number of esters is 3. The molecule has 1 aromatic heterocycles. The van der Waals surface area contributed by atoms with Crippen molar-refractivity contribution in [2.45, 2.75) is 115 Å². The lowest BCUT2D eigenvalue weighted by Crippen LogP contribution is -2.50. The number of aryl methyl sites for hydroxylation is 1. The number of ether oxygens (including phenoxy) is 7. The number of nitrogens with zero attached hydrogens (tertiary/aromatic N) is 8. The average molecular weight is 1630 g/mol. The summed E-state index contributed by atoms with van der Waals surface area (Å²) in [5, 5.41) is 61.1. The lowest BCUT2D eigenvalue weighted by atomic mass is 9.95. The Morgan fingerprint density at radius 3 is 1.50 bits per heavy atom. The molecule has 1 saturated heterocycles. The second kappa shape index (κ2) is 52.8. The molecule has 2 unspecified atom stereocenters. The first kappa shape index (κ1) is 95.1. The first-order valence-electron chi connectivity index (χ1n) is 37.6. The number of benzene rings is 2. The highest BCUT2D eigenvalue weighted by Gasteiger charge is 2.33. The van der Waals surface area contributed by atoms with Gasteiger partial charge in [-0.15, -0.1) is 5.10 Å². The van der Waals surface area contributed by atoms with Crippen LogP contribution in [-0.2, 0) is 118 Å². The van der Waals surface area contributed by atoms with E-state index < -0.39 is 118 Å². The number of methoxy groups -OCH3 is 3. The van der Waals surface area contributed by atoms with Gasteiger partial charge in [0, 0.05) is 135 Å². The van der Waals surface area contributed by atoms with E-state index in [1.165, 1.54) is 21.3 Å². The number of carboxylic acids is 4. The zero-order valence-electron chi connectivity index (χ0n) is 64.7. The number of amides is 6. The van der Waals surface area contributed by atoms with Gasteiger partial charge >= 0.3 is 49.5 Å². The van der Waals surface area contributed by atoms with E-state index in [2.05, 4.69) is 36.9 Å². The van der Waals surface area contributed by atoms with E-state index in [-0.39, 0.29) is 141 Å². The summed E-state index contributed by atoms with van der Waals surface area (Å²) in [7, 11) is -0.915. The zero-order chi connectivity index (χ0) is 83.2. The van der Waals surface area contributed by atoms with Crippen molar-refractivity contribution < 1.29 is 130 Å². The number of nitrogens with one attached hydrogen (secondary N) is 6. The van der Waals surface area contributed by atoms with Crippen molar-refractivity contribution in [1.29, 1.82) is 0 Å². The fourth-order valence-electron chi connectivity index (χ4n) is 11.8. The van der Waals surface area contributed by atoms with Gasteiger partial charge in [0.25, 0.3) is 0 Å². The van der Waals surface area contributed by atoms with Gasteiger partial charge in [0.2, 0.25) is 35.4 Å². The molecule has 0 spiro atoms. The van der Waals surface area contributed by atoms with Gasteiger partial charge in [-0.1, -0.05) is 54.1 Å². The Bertz CT molecular complexity index is 3630. The molecular weight excluding hydrogens is 1520 g/mol. The molecule has 0 saturated carbocycles. The number of rotatable bonds is 53.